The predicted octanol–water partition coefficient (Wildman–Crippen LogP) is 18.1. The monoisotopic (exact) mass is 757 g/mol. The highest BCUT2D eigenvalue weighted by atomic mass is 14.3. The highest BCUT2D eigenvalue weighted by Gasteiger charge is 2.25. The lowest BCUT2D eigenvalue weighted by atomic mass is 9.74. The summed E-state index contributed by atoms with van der Waals surface area (Å²) in [6, 6.07) is 33.3. The third-order valence-electron chi connectivity index (χ3n) is 12.3. The molecule has 0 saturated heterocycles. The maximum absolute atomic E-state index is 2.46. The van der Waals surface area contributed by atoms with Crippen LogP contribution in [-0.4, -0.2) is 0 Å². The van der Waals surface area contributed by atoms with Gasteiger partial charge in [-0.2, -0.15) is 0 Å². The number of rotatable bonds is 7. The maximum atomic E-state index is 2.46. The van der Waals surface area contributed by atoms with E-state index in [1.165, 1.54) is 97.6 Å². The van der Waals surface area contributed by atoms with E-state index in [-0.39, 0.29) is 5.41 Å². The normalized spacial score (nSPS) is 15.3. The average molecular weight is 757 g/mol. The van der Waals surface area contributed by atoms with E-state index < -0.39 is 0 Å². The van der Waals surface area contributed by atoms with Gasteiger partial charge in [-0.25, -0.2) is 0 Å². The van der Waals surface area contributed by atoms with Crippen molar-refractivity contribution in [1.29, 1.82) is 0 Å². The molecule has 308 valence electrons. The first-order chi connectivity index (χ1) is 26.5. The van der Waals surface area contributed by atoms with Gasteiger partial charge in [-0.05, 0) is 130 Å². The quantitative estimate of drug-likeness (QED) is 0.176. The third-order valence-corrected chi connectivity index (χ3v) is 12.3. The van der Waals surface area contributed by atoms with Gasteiger partial charge in [0.25, 0.3) is 0 Å². The lowest BCUT2D eigenvalue weighted by molar-refractivity contribution is 0.429. The average Bonchev–Trinajstić information content (AvgIpc) is 3.18. The summed E-state index contributed by atoms with van der Waals surface area (Å²) < 4.78 is 0. The summed E-state index contributed by atoms with van der Waals surface area (Å²) in [6.45, 7) is 31.8. The van der Waals surface area contributed by atoms with E-state index in [0.717, 1.165) is 11.8 Å². The highest BCUT2D eigenvalue weighted by Crippen LogP contribution is 2.43. The Kier molecular flexibility index (Phi) is 19.7. The number of hydrogen-bond donors (Lipinski definition) is 0. The Morgan fingerprint density at radius 1 is 0.393 bits per heavy atom. The molecule has 0 amide bonds. The smallest absolute Gasteiger partial charge is 0.0129 e. The third kappa shape index (κ3) is 14.4. The molecule has 0 bridgehead atoms. The zero-order valence-corrected chi connectivity index (χ0v) is 38.8. The molecule has 0 radical (unpaired) electrons. The first kappa shape index (κ1) is 47.3. The van der Waals surface area contributed by atoms with Gasteiger partial charge in [0, 0.05) is 0 Å². The molecule has 4 aromatic rings. The van der Waals surface area contributed by atoms with Crippen LogP contribution >= 0.6 is 0 Å². The zero-order chi connectivity index (χ0) is 41.4. The molecule has 4 aromatic carbocycles. The first-order valence-electron chi connectivity index (χ1n) is 22.9. The van der Waals surface area contributed by atoms with Gasteiger partial charge in [0.05, 0.1) is 0 Å². The van der Waals surface area contributed by atoms with E-state index in [1.807, 2.05) is 0 Å². The van der Waals surface area contributed by atoms with Crippen LogP contribution in [0.5, 0.6) is 0 Å². The standard InChI is InChI=1S/C21H32.C13H20.C12H18.C10H14/c1-16(2)21-19(17-10-5-3-6-11-17)14-9-15-20(21)18-12-7-4-8-13-18;1-10(2)11-8-6-7-9-12(11)13(3,4)5;1-9(2)11-7-5-6-8-12(11)10(3)4;1-8(2)10-7-5-4-6-9(10)3/h9,14-18H,3-8,10-13H2,1-2H3;6-10H,1-5H3;5-10H,1-4H3;4-8H,1-3H3. The molecule has 0 heterocycles. The molecule has 0 unspecified atom stereocenters. The van der Waals surface area contributed by atoms with Gasteiger partial charge in [-0.1, -0.05) is 220 Å². The number of benzene rings is 4. The van der Waals surface area contributed by atoms with Crippen molar-refractivity contribution in [3.05, 3.63) is 141 Å². The van der Waals surface area contributed by atoms with Gasteiger partial charge in [0.15, 0.2) is 0 Å². The van der Waals surface area contributed by atoms with Gasteiger partial charge >= 0.3 is 0 Å². The summed E-state index contributed by atoms with van der Waals surface area (Å²) >= 11 is 0. The molecule has 6 rings (SSSR count). The van der Waals surface area contributed by atoms with E-state index in [0.29, 0.717) is 29.6 Å². The van der Waals surface area contributed by atoms with Gasteiger partial charge < -0.3 is 0 Å². The van der Waals surface area contributed by atoms with E-state index >= 15 is 0 Å². The number of aryl methyl sites for hydroxylation is 1. The Hall–Kier alpha value is -3.12. The van der Waals surface area contributed by atoms with Crippen LogP contribution < -0.4 is 0 Å². The summed E-state index contributed by atoms with van der Waals surface area (Å²) in [4.78, 5) is 0. The Balaban J connectivity index is 0.000000210. The van der Waals surface area contributed by atoms with E-state index in [4.69, 9.17) is 0 Å². The minimum Gasteiger partial charge on any atom is -0.0620 e. The molecule has 2 fully saturated rings. The van der Waals surface area contributed by atoms with Crippen molar-refractivity contribution < 1.29 is 0 Å². The van der Waals surface area contributed by atoms with Crippen LogP contribution in [0.4, 0.5) is 0 Å². The van der Waals surface area contributed by atoms with Crippen LogP contribution in [-0.2, 0) is 5.41 Å². The lowest BCUT2D eigenvalue weighted by Gasteiger charge is -2.31. The molecule has 56 heavy (non-hydrogen) atoms. The highest BCUT2D eigenvalue weighted by molar-refractivity contribution is 5.42. The molecule has 0 N–H and O–H groups in total. The van der Waals surface area contributed by atoms with Gasteiger partial charge in [-0.15, -0.1) is 0 Å². The summed E-state index contributed by atoms with van der Waals surface area (Å²) in [5.74, 6) is 4.93. The molecule has 0 heteroatoms. The number of hydrogen-bond acceptors (Lipinski definition) is 0. The van der Waals surface area contributed by atoms with Crippen LogP contribution in [0.2, 0.25) is 0 Å². The van der Waals surface area contributed by atoms with Crippen molar-refractivity contribution in [2.24, 2.45) is 0 Å². The molecule has 2 saturated carbocycles. The van der Waals surface area contributed by atoms with Gasteiger partial charge in [0.2, 0.25) is 0 Å². The second-order valence-electron chi connectivity index (χ2n) is 19.6. The molecule has 0 atom stereocenters. The molecular weight excluding hydrogens is 673 g/mol. The largest absolute Gasteiger partial charge is 0.0620 e. The molecule has 0 aliphatic heterocycles. The molecule has 2 aliphatic rings. The Labute approximate surface area is 347 Å². The lowest BCUT2D eigenvalue weighted by Crippen LogP contribution is -2.14. The van der Waals surface area contributed by atoms with Crippen LogP contribution in [0.25, 0.3) is 0 Å². The van der Waals surface area contributed by atoms with E-state index in [2.05, 4.69) is 188 Å². The molecule has 0 nitrogen and oxygen atoms in total. The summed E-state index contributed by atoms with van der Waals surface area (Å²) in [5.41, 5.74) is 14.2. The molecular formula is C56H84. The van der Waals surface area contributed by atoms with Crippen LogP contribution in [0.1, 0.15) is 246 Å². The minimum absolute atomic E-state index is 0.265. The second-order valence-corrected chi connectivity index (χ2v) is 19.6. The van der Waals surface area contributed by atoms with Crippen LogP contribution in [0.3, 0.4) is 0 Å². The topological polar surface area (TPSA) is 0 Å². The maximum Gasteiger partial charge on any atom is -0.0129 e. The van der Waals surface area contributed by atoms with Crippen molar-refractivity contribution in [2.45, 2.75) is 208 Å². The summed E-state index contributed by atoms with van der Waals surface area (Å²) in [5, 5.41) is 0. The Bertz CT molecular complexity index is 1610. The molecule has 0 spiro atoms. The summed E-state index contributed by atoms with van der Waals surface area (Å²) in [6.07, 6.45) is 14.4. The van der Waals surface area contributed by atoms with Crippen molar-refractivity contribution in [2.75, 3.05) is 0 Å². The van der Waals surface area contributed by atoms with Crippen molar-refractivity contribution in [1.82, 2.24) is 0 Å². The summed E-state index contributed by atoms with van der Waals surface area (Å²) in [7, 11) is 0. The zero-order valence-electron chi connectivity index (χ0n) is 38.8. The fourth-order valence-corrected chi connectivity index (χ4v) is 9.29. The van der Waals surface area contributed by atoms with Crippen molar-refractivity contribution in [3.63, 3.8) is 0 Å². The Morgan fingerprint density at radius 3 is 1.07 bits per heavy atom. The van der Waals surface area contributed by atoms with Crippen molar-refractivity contribution in [3.8, 4) is 0 Å². The van der Waals surface area contributed by atoms with Gasteiger partial charge in [-0.3, -0.25) is 0 Å². The van der Waals surface area contributed by atoms with E-state index in [1.54, 1.807) is 16.7 Å². The predicted molar refractivity (Wildman–Crippen MR) is 251 cm³/mol. The minimum atomic E-state index is 0.265. The fourth-order valence-electron chi connectivity index (χ4n) is 9.29. The van der Waals surface area contributed by atoms with Crippen LogP contribution in [0, 0.1) is 6.92 Å². The van der Waals surface area contributed by atoms with Crippen LogP contribution in [0.15, 0.2) is 91.0 Å². The molecule has 0 aromatic heterocycles. The molecule has 2 aliphatic carbocycles. The van der Waals surface area contributed by atoms with E-state index in [9.17, 15) is 0 Å². The first-order valence-corrected chi connectivity index (χ1v) is 22.9. The van der Waals surface area contributed by atoms with Gasteiger partial charge in [0.1, 0.15) is 0 Å². The Morgan fingerprint density at radius 2 is 0.750 bits per heavy atom. The SMILES string of the molecule is CC(C)c1c(C2CCCCC2)cccc1C1CCCCC1.CC(C)c1ccccc1C(C)(C)C.CC(C)c1ccccc1C(C)C.Cc1ccccc1C(C)C. The van der Waals surface area contributed by atoms with Crippen molar-refractivity contribution >= 4 is 0 Å². The fraction of sp³-hybridized carbons (Fsp3) is 0.571. The second kappa shape index (κ2) is 23.3.